The summed E-state index contributed by atoms with van der Waals surface area (Å²) in [4.78, 5) is 0.131. The molecular weight excluding hydrogens is 196 g/mol. The molecule has 1 aromatic carbocycles. The Hall–Kier alpha value is -0.800. The lowest BCUT2D eigenvalue weighted by Gasteiger charge is -1.93. The second kappa shape index (κ2) is 2.61. The van der Waals surface area contributed by atoms with Gasteiger partial charge in [-0.05, 0) is 18.6 Å². The first-order valence-electron chi connectivity index (χ1n) is 3.36. The molecule has 0 bridgehead atoms. The minimum absolute atomic E-state index is 0.131. The molecule has 2 rings (SSSR count). The maximum Gasteiger partial charge on any atom is 0.363 e. The number of rotatable bonds is 0. The average molecular weight is 201 g/mol. The Morgan fingerprint density at radius 2 is 1.83 bits per heavy atom. The van der Waals surface area contributed by atoms with Gasteiger partial charge in [0.25, 0.3) is 0 Å². The predicted molar refractivity (Wildman–Crippen MR) is 49.1 cm³/mol. The molecule has 0 amide bonds. The van der Waals surface area contributed by atoms with E-state index in [4.69, 9.17) is 32.7 Å². The molecule has 2 nitrogen and oxygen atoms in total. The van der Waals surface area contributed by atoms with Crippen LogP contribution < -0.4 is 0 Å². The fourth-order valence-corrected chi connectivity index (χ4v) is 1.33. The molecule has 1 heterocycles. The van der Waals surface area contributed by atoms with Crippen molar-refractivity contribution in [2.45, 2.75) is 6.92 Å². The van der Waals surface area contributed by atoms with Gasteiger partial charge in [0.2, 0.25) is 0 Å². The highest BCUT2D eigenvalue weighted by molar-refractivity contribution is 7.71. The fraction of sp³-hybridized carbons (Fsp3) is 0.125. The zero-order chi connectivity index (χ0) is 8.72. The Balaban J connectivity index is 2.92. The Morgan fingerprint density at radius 1 is 1.25 bits per heavy atom. The SMILES string of the molecule is Cc1cc2oc(=S)oc2cc1Cl. The van der Waals surface area contributed by atoms with E-state index >= 15 is 0 Å². The molecule has 0 atom stereocenters. The van der Waals surface area contributed by atoms with Crippen LogP contribution in [0.5, 0.6) is 0 Å². The zero-order valence-electron chi connectivity index (χ0n) is 6.26. The van der Waals surface area contributed by atoms with Crippen molar-refractivity contribution in [2.75, 3.05) is 0 Å². The number of benzene rings is 1. The quantitative estimate of drug-likeness (QED) is 0.607. The van der Waals surface area contributed by atoms with Crippen molar-refractivity contribution < 1.29 is 8.83 Å². The average Bonchev–Trinajstić information content (AvgIpc) is 2.30. The summed E-state index contributed by atoms with van der Waals surface area (Å²) in [6, 6.07) is 3.50. The van der Waals surface area contributed by atoms with Gasteiger partial charge < -0.3 is 8.83 Å². The summed E-state index contributed by atoms with van der Waals surface area (Å²) < 4.78 is 10.2. The second-order valence-electron chi connectivity index (χ2n) is 2.50. The van der Waals surface area contributed by atoms with Gasteiger partial charge in [-0.2, -0.15) is 0 Å². The minimum Gasteiger partial charge on any atom is -0.413 e. The highest BCUT2D eigenvalue weighted by Crippen LogP contribution is 2.24. The molecule has 0 saturated carbocycles. The zero-order valence-corrected chi connectivity index (χ0v) is 7.83. The Bertz CT molecular complexity index is 441. The number of hydrogen-bond acceptors (Lipinski definition) is 3. The normalized spacial score (nSPS) is 10.8. The van der Waals surface area contributed by atoms with Gasteiger partial charge in [-0.3, -0.25) is 0 Å². The summed E-state index contributed by atoms with van der Waals surface area (Å²) in [5, 5.41) is 0.655. The highest BCUT2D eigenvalue weighted by atomic mass is 35.5. The molecule has 62 valence electrons. The number of halogens is 1. The van der Waals surface area contributed by atoms with Crippen molar-refractivity contribution in [3.63, 3.8) is 0 Å². The molecule has 0 saturated heterocycles. The minimum atomic E-state index is 0.131. The molecule has 0 aliphatic heterocycles. The molecule has 0 fully saturated rings. The molecule has 0 aliphatic rings. The van der Waals surface area contributed by atoms with E-state index in [-0.39, 0.29) is 4.90 Å². The lowest BCUT2D eigenvalue weighted by molar-refractivity contribution is 0.444. The standard InChI is InChI=1S/C8H5ClO2S/c1-4-2-6-7(3-5(4)9)11-8(12)10-6/h2-3H,1H3. The number of aryl methyl sites for hydroxylation is 1. The van der Waals surface area contributed by atoms with E-state index in [1.165, 1.54) is 0 Å². The summed E-state index contributed by atoms with van der Waals surface area (Å²) in [6.45, 7) is 1.90. The molecule has 0 spiro atoms. The van der Waals surface area contributed by atoms with Crippen LogP contribution in [0.2, 0.25) is 5.02 Å². The molecule has 4 heteroatoms. The van der Waals surface area contributed by atoms with Gasteiger partial charge in [0, 0.05) is 23.3 Å². The Morgan fingerprint density at radius 3 is 2.50 bits per heavy atom. The highest BCUT2D eigenvalue weighted by Gasteiger charge is 2.04. The van der Waals surface area contributed by atoms with Gasteiger partial charge in [0.1, 0.15) is 0 Å². The van der Waals surface area contributed by atoms with Crippen molar-refractivity contribution in [2.24, 2.45) is 0 Å². The van der Waals surface area contributed by atoms with E-state index in [0.29, 0.717) is 16.2 Å². The molecule has 0 radical (unpaired) electrons. The van der Waals surface area contributed by atoms with Gasteiger partial charge in [-0.1, -0.05) is 11.6 Å². The first kappa shape index (κ1) is 7.83. The van der Waals surface area contributed by atoms with Crippen LogP contribution >= 0.6 is 23.8 Å². The maximum atomic E-state index is 5.86. The fourth-order valence-electron chi connectivity index (χ4n) is 0.997. The summed E-state index contributed by atoms with van der Waals surface area (Å²) in [6.07, 6.45) is 0. The van der Waals surface area contributed by atoms with Crippen molar-refractivity contribution in [3.05, 3.63) is 27.6 Å². The Kier molecular flexibility index (Phi) is 1.70. The number of fused-ring (bicyclic) bond motifs is 1. The van der Waals surface area contributed by atoms with Crippen LogP contribution in [0.3, 0.4) is 0 Å². The van der Waals surface area contributed by atoms with Crippen molar-refractivity contribution in [1.29, 1.82) is 0 Å². The largest absolute Gasteiger partial charge is 0.413 e. The third-order valence-corrected chi connectivity index (χ3v) is 2.19. The lowest BCUT2D eigenvalue weighted by atomic mass is 10.2. The summed E-state index contributed by atoms with van der Waals surface area (Å²) in [5.74, 6) is 0. The van der Waals surface area contributed by atoms with Gasteiger partial charge in [0.15, 0.2) is 11.2 Å². The molecule has 1 aromatic heterocycles. The van der Waals surface area contributed by atoms with Crippen molar-refractivity contribution in [1.82, 2.24) is 0 Å². The van der Waals surface area contributed by atoms with E-state index in [2.05, 4.69) is 0 Å². The van der Waals surface area contributed by atoms with Crippen LogP contribution in [0.1, 0.15) is 5.56 Å². The topological polar surface area (TPSA) is 26.3 Å². The van der Waals surface area contributed by atoms with E-state index in [1.807, 2.05) is 6.92 Å². The van der Waals surface area contributed by atoms with Gasteiger partial charge >= 0.3 is 4.90 Å². The molecule has 0 unspecified atom stereocenters. The predicted octanol–water partition coefficient (Wildman–Crippen LogP) is 3.72. The van der Waals surface area contributed by atoms with Crippen molar-refractivity contribution >= 4 is 35.0 Å². The maximum absolute atomic E-state index is 5.86. The van der Waals surface area contributed by atoms with E-state index in [0.717, 1.165) is 5.56 Å². The molecule has 12 heavy (non-hydrogen) atoms. The van der Waals surface area contributed by atoms with Crippen molar-refractivity contribution in [3.8, 4) is 0 Å². The monoisotopic (exact) mass is 200 g/mol. The van der Waals surface area contributed by atoms with Crippen LogP contribution in [0.4, 0.5) is 0 Å². The molecule has 2 aromatic rings. The molecule has 0 aliphatic carbocycles. The van der Waals surface area contributed by atoms with Gasteiger partial charge in [-0.15, -0.1) is 0 Å². The van der Waals surface area contributed by atoms with Gasteiger partial charge in [-0.25, -0.2) is 0 Å². The lowest BCUT2D eigenvalue weighted by Crippen LogP contribution is -1.72. The third kappa shape index (κ3) is 1.15. The van der Waals surface area contributed by atoms with E-state index in [9.17, 15) is 0 Å². The van der Waals surface area contributed by atoms with Crippen LogP contribution in [-0.4, -0.2) is 0 Å². The van der Waals surface area contributed by atoms with E-state index in [1.54, 1.807) is 12.1 Å². The summed E-state index contributed by atoms with van der Waals surface area (Å²) in [5.41, 5.74) is 2.18. The first-order valence-corrected chi connectivity index (χ1v) is 4.15. The number of hydrogen-bond donors (Lipinski definition) is 0. The van der Waals surface area contributed by atoms with Crippen LogP contribution in [0.15, 0.2) is 21.0 Å². The van der Waals surface area contributed by atoms with Crippen LogP contribution in [-0.2, 0) is 0 Å². The molecular formula is C8H5ClO2S. The molecule has 0 N–H and O–H groups in total. The summed E-state index contributed by atoms with van der Waals surface area (Å²) >= 11 is 10.6. The second-order valence-corrected chi connectivity index (χ2v) is 3.24. The Labute approximate surface area is 78.7 Å². The van der Waals surface area contributed by atoms with E-state index < -0.39 is 0 Å². The first-order chi connectivity index (χ1) is 5.66. The summed E-state index contributed by atoms with van der Waals surface area (Å²) in [7, 11) is 0. The van der Waals surface area contributed by atoms with Gasteiger partial charge in [0.05, 0.1) is 0 Å². The third-order valence-electron chi connectivity index (χ3n) is 1.61. The van der Waals surface area contributed by atoms with Crippen LogP contribution in [0.25, 0.3) is 11.2 Å². The smallest absolute Gasteiger partial charge is 0.363 e. The van der Waals surface area contributed by atoms with Crippen LogP contribution in [0, 0.1) is 11.8 Å².